The summed E-state index contributed by atoms with van der Waals surface area (Å²) < 4.78 is 34.5. The van der Waals surface area contributed by atoms with E-state index in [1.54, 1.807) is 12.1 Å². The van der Waals surface area contributed by atoms with Gasteiger partial charge in [0.25, 0.3) is 9.05 Å². The minimum atomic E-state index is -3.70. The summed E-state index contributed by atoms with van der Waals surface area (Å²) in [4.78, 5) is 2.26. The Morgan fingerprint density at radius 3 is 2.86 bits per heavy atom. The van der Waals surface area contributed by atoms with Gasteiger partial charge in [-0.3, -0.25) is 0 Å². The maximum atomic E-state index is 11.4. The molecule has 7 heteroatoms. The minimum Gasteiger partial charge on any atom is -0.369 e. The lowest BCUT2D eigenvalue weighted by molar-refractivity contribution is -0.183. The first-order chi connectivity index (χ1) is 10.5. The minimum absolute atomic E-state index is 0.0896. The van der Waals surface area contributed by atoms with Crippen LogP contribution in [0.3, 0.4) is 0 Å². The fraction of sp³-hybridized carbons (Fsp3) is 0.600. The molecule has 1 aromatic rings. The van der Waals surface area contributed by atoms with Crippen LogP contribution in [0.1, 0.15) is 25.7 Å². The molecule has 0 saturated carbocycles. The molecule has 122 valence electrons. The molecule has 2 heterocycles. The normalized spacial score (nSPS) is 26.3. The van der Waals surface area contributed by atoms with Crippen LogP contribution in [-0.4, -0.2) is 40.5 Å². The molecule has 0 aromatic heterocycles. The van der Waals surface area contributed by atoms with E-state index in [0.29, 0.717) is 0 Å². The third kappa shape index (κ3) is 3.93. The van der Waals surface area contributed by atoms with Gasteiger partial charge in [-0.2, -0.15) is 0 Å². The Labute approximate surface area is 135 Å². The summed E-state index contributed by atoms with van der Waals surface area (Å²) in [5, 5.41) is 0. The van der Waals surface area contributed by atoms with Crippen molar-refractivity contribution in [3.05, 3.63) is 24.3 Å². The summed E-state index contributed by atoms with van der Waals surface area (Å²) in [5.41, 5.74) is 0.859. The number of halogens is 1. The smallest absolute Gasteiger partial charge is 0.261 e. The Hall–Kier alpha value is -0.820. The zero-order chi connectivity index (χ0) is 15.6. The van der Waals surface area contributed by atoms with Crippen molar-refractivity contribution in [3.63, 3.8) is 0 Å². The van der Waals surface area contributed by atoms with Crippen LogP contribution in [0.25, 0.3) is 0 Å². The first-order valence-corrected chi connectivity index (χ1v) is 9.90. The molecule has 0 aliphatic carbocycles. The van der Waals surface area contributed by atoms with Gasteiger partial charge in [0.2, 0.25) is 0 Å². The Kier molecular flexibility index (Phi) is 4.92. The molecule has 0 radical (unpaired) electrons. The van der Waals surface area contributed by atoms with Gasteiger partial charge < -0.3 is 14.4 Å². The van der Waals surface area contributed by atoms with Crippen molar-refractivity contribution in [2.45, 2.75) is 43.0 Å². The van der Waals surface area contributed by atoms with Crippen LogP contribution in [0.5, 0.6) is 0 Å². The van der Waals surface area contributed by atoms with Crippen molar-refractivity contribution in [2.75, 3.05) is 24.6 Å². The molecule has 0 N–H and O–H groups in total. The van der Waals surface area contributed by atoms with Gasteiger partial charge in [0.05, 0.1) is 11.0 Å². The zero-order valence-electron chi connectivity index (χ0n) is 12.3. The van der Waals surface area contributed by atoms with Gasteiger partial charge in [-0.05, 0) is 43.9 Å². The summed E-state index contributed by atoms with van der Waals surface area (Å²) in [5.74, 6) is 0. The number of ether oxygens (including phenoxy) is 2. The molecular weight excluding hydrogens is 326 g/mol. The van der Waals surface area contributed by atoms with Crippen molar-refractivity contribution in [1.29, 1.82) is 0 Å². The van der Waals surface area contributed by atoms with Crippen LogP contribution in [0, 0.1) is 0 Å². The van der Waals surface area contributed by atoms with E-state index in [0.717, 1.165) is 51.1 Å². The van der Waals surface area contributed by atoms with E-state index in [-0.39, 0.29) is 17.3 Å². The summed E-state index contributed by atoms with van der Waals surface area (Å²) in [6, 6.07) is 6.72. The number of rotatable bonds is 4. The third-order valence-corrected chi connectivity index (χ3v) is 5.44. The van der Waals surface area contributed by atoms with E-state index in [1.165, 1.54) is 6.07 Å². The van der Waals surface area contributed by atoms with Crippen LogP contribution in [0.4, 0.5) is 5.69 Å². The van der Waals surface area contributed by atoms with Crippen molar-refractivity contribution >= 4 is 25.4 Å². The Morgan fingerprint density at radius 1 is 1.27 bits per heavy atom. The Bertz CT molecular complexity index is 616. The monoisotopic (exact) mass is 345 g/mol. The third-order valence-electron chi connectivity index (χ3n) is 4.09. The van der Waals surface area contributed by atoms with Crippen LogP contribution >= 0.6 is 10.7 Å². The van der Waals surface area contributed by atoms with Crippen LogP contribution in [0.2, 0.25) is 0 Å². The Morgan fingerprint density at radius 2 is 2.14 bits per heavy atom. The molecule has 0 amide bonds. The second-order valence-electron chi connectivity index (χ2n) is 5.72. The van der Waals surface area contributed by atoms with Crippen molar-refractivity contribution in [1.82, 2.24) is 0 Å². The van der Waals surface area contributed by atoms with Crippen molar-refractivity contribution in [3.8, 4) is 0 Å². The second-order valence-corrected chi connectivity index (χ2v) is 8.29. The molecule has 1 aromatic carbocycles. The maximum Gasteiger partial charge on any atom is 0.261 e. The number of hydrogen-bond donors (Lipinski definition) is 0. The Balaban J connectivity index is 1.62. The first-order valence-electron chi connectivity index (χ1n) is 7.59. The quantitative estimate of drug-likeness (QED) is 0.785. The fourth-order valence-electron chi connectivity index (χ4n) is 2.94. The van der Waals surface area contributed by atoms with Crippen LogP contribution in [0.15, 0.2) is 29.2 Å². The van der Waals surface area contributed by atoms with Crippen molar-refractivity contribution in [2.24, 2.45) is 0 Å². The van der Waals surface area contributed by atoms with Crippen molar-refractivity contribution < 1.29 is 17.9 Å². The number of anilines is 1. The highest BCUT2D eigenvalue weighted by Gasteiger charge is 2.27. The molecule has 2 saturated heterocycles. The molecule has 2 atom stereocenters. The molecule has 0 bridgehead atoms. The lowest BCUT2D eigenvalue weighted by Crippen LogP contribution is -2.30. The number of hydrogen-bond acceptors (Lipinski definition) is 5. The first kappa shape index (κ1) is 16.1. The molecule has 0 spiro atoms. The van der Waals surface area contributed by atoms with E-state index in [9.17, 15) is 8.42 Å². The summed E-state index contributed by atoms with van der Waals surface area (Å²) in [6.07, 6.45) is 4.16. The highest BCUT2D eigenvalue weighted by atomic mass is 35.7. The largest absolute Gasteiger partial charge is 0.369 e. The standard InChI is InChI=1S/C15H20ClNO4S/c16-22(18,19)14-5-3-4-12(10-14)17-8-7-13(11-17)21-15-6-1-2-9-20-15/h3-5,10,13,15H,1-2,6-9,11H2. The molecule has 2 unspecified atom stereocenters. The zero-order valence-corrected chi connectivity index (χ0v) is 13.9. The van der Waals surface area contributed by atoms with Gasteiger partial charge in [-0.15, -0.1) is 0 Å². The summed E-state index contributed by atoms with van der Waals surface area (Å²) in [7, 11) is 1.71. The lowest BCUT2D eigenvalue weighted by Gasteiger charge is -2.26. The van der Waals surface area contributed by atoms with E-state index < -0.39 is 9.05 Å². The molecule has 22 heavy (non-hydrogen) atoms. The summed E-state index contributed by atoms with van der Waals surface area (Å²) in [6.45, 7) is 2.35. The predicted molar refractivity (Wildman–Crippen MR) is 84.8 cm³/mol. The summed E-state index contributed by atoms with van der Waals surface area (Å²) >= 11 is 0. The SMILES string of the molecule is O=S(=O)(Cl)c1cccc(N2CCC(OC3CCCCO3)C2)c1. The highest BCUT2D eigenvalue weighted by molar-refractivity contribution is 8.13. The van der Waals surface area contributed by atoms with Crippen LogP contribution < -0.4 is 4.90 Å². The molecule has 2 aliphatic rings. The van der Waals surface area contributed by atoms with Gasteiger partial charge in [0.1, 0.15) is 0 Å². The number of benzene rings is 1. The molecule has 2 fully saturated rings. The van der Waals surface area contributed by atoms with E-state index in [2.05, 4.69) is 4.90 Å². The van der Waals surface area contributed by atoms with Gasteiger partial charge in [-0.1, -0.05) is 6.07 Å². The molecule has 3 rings (SSSR count). The maximum absolute atomic E-state index is 11.4. The van der Waals surface area contributed by atoms with Crippen LogP contribution in [-0.2, 0) is 18.5 Å². The van der Waals surface area contributed by atoms with E-state index in [4.69, 9.17) is 20.2 Å². The van der Waals surface area contributed by atoms with Gasteiger partial charge >= 0.3 is 0 Å². The topological polar surface area (TPSA) is 55.8 Å². The molecule has 5 nitrogen and oxygen atoms in total. The fourth-order valence-corrected chi connectivity index (χ4v) is 3.73. The number of nitrogens with zero attached hydrogens (tertiary/aromatic N) is 1. The highest BCUT2D eigenvalue weighted by Crippen LogP contribution is 2.27. The van der Waals surface area contributed by atoms with Gasteiger partial charge in [-0.25, -0.2) is 8.42 Å². The van der Waals surface area contributed by atoms with E-state index in [1.807, 2.05) is 6.07 Å². The van der Waals surface area contributed by atoms with E-state index >= 15 is 0 Å². The molecular formula is C15H20ClNO4S. The second kappa shape index (κ2) is 6.74. The predicted octanol–water partition coefficient (Wildman–Crippen LogP) is 2.74. The van der Waals surface area contributed by atoms with Gasteiger partial charge in [0, 0.05) is 36.1 Å². The lowest BCUT2D eigenvalue weighted by atomic mass is 10.2. The molecule has 2 aliphatic heterocycles. The average Bonchev–Trinajstić information content (AvgIpc) is 2.96. The van der Waals surface area contributed by atoms with Gasteiger partial charge in [0.15, 0.2) is 6.29 Å². The average molecular weight is 346 g/mol.